The number of nitrogens with zero attached hydrogens (tertiary/aromatic N) is 1. The number of pyridine rings is 1. The first-order valence-electron chi connectivity index (χ1n) is 4.07. The van der Waals surface area contributed by atoms with E-state index in [1.165, 1.54) is 18.5 Å². The minimum Gasteiger partial charge on any atom is -0.506 e. The fraction of sp³-hybridized carbons (Fsp3) is 0.333. The number of carboxylic acid groups (broad SMARTS) is 1. The molecule has 0 spiro atoms. The molecular weight excluding hydrogens is 184 g/mol. The van der Waals surface area contributed by atoms with E-state index in [0.717, 1.165) is 0 Å². The maximum absolute atomic E-state index is 10.5. The first-order valence-corrected chi connectivity index (χ1v) is 4.07. The number of hydrogen-bond donors (Lipinski definition) is 3. The summed E-state index contributed by atoms with van der Waals surface area (Å²) in [6.45, 7) is 1.58. The summed E-state index contributed by atoms with van der Waals surface area (Å²) in [5, 5.41) is 17.8. The molecule has 1 atom stereocenters. The molecule has 0 amide bonds. The van der Waals surface area contributed by atoms with Gasteiger partial charge in [0.1, 0.15) is 5.75 Å². The van der Waals surface area contributed by atoms with Crippen LogP contribution in [0.3, 0.4) is 0 Å². The Labute approximate surface area is 81.2 Å². The molecule has 0 radical (unpaired) electrons. The highest BCUT2D eigenvalue weighted by Crippen LogP contribution is 2.23. The number of nitrogens with two attached hydrogens (primary N) is 1. The molecule has 0 aliphatic carbocycles. The molecule has 0 unspecified atom stereocenters. The van der Waals surface area contributed by atoms with Gasteiger partial charge in [0.25, 0.3) is 0 Å². The summed E-state index contributed by atoms with van der Waals surface area (Å²) in [4.78, 5) is 14.2. The van der Waals surface area contributed by atoms with Gasteiger partial charge < -0.3 is 15.9 Å². The molecule has 1 heterocycles. The SMILES string of the molecule is C[C@](N)(CC(=O)O)c1cncc(O)c1. The Morgan fingerprint density at radius 3 is 2.79 bits per heavy atom. The summed E-state index contributed by atoms with van der Waals surface area (Å²) in [5.41, 5.74) is 5.26. The van der Waals surface area contributed by atoms with Gasteiger partial charge in [-0.2, -0.15) is 0 Å². The largest absolute Gasteiger partial charge is 0.506 e. The lowest BCUT2D eigenvalue weighted by Gasteiger charge is -2.22. The van der Waals surface area contributed by atoms with E-state index in [-0.39, 0.29) is 12.2 Å². The molecule has 5 heteroatoms. The van der Waals surface area contributed by atoms with Crippen molar-refractivity contribution in [3.8, 4) is 5.75 Å². The van der Waals surface area contributed by atoms with E-state index < -0.39 is 11.5 Å². The summed E-state index contributed by atoms with van der Waals surface area (Å²) in [6, 6.07) is 1.41. The molecule has 0 fully saturated rings. The van der Waals surface area contributed by atoms with Crippen molar-refractivity contribution in [2.75, 3.05) is 0 Å². The first-order chi connectivity index (χ1) is 6.42. The second-order valence-corrected chi connectivity index (χ2v) is 3.42. The van der Waals surface area contributed by atoms with Crippen LogP contribution < -0.4 is 5.73 Å². The normalized spacial score (nSPS) is 14.7. The third-order valence-electron chi connectivity index (χ3n) is 1.90. The smallest absolute Gasteiger partial charge is 0.305 e. The highest BCUT2D eigenvalue weighted by atomic mass is 16.4. The van der Waals surface area contributed by atoms with E-state index in [9.17, 15) is 4.79 Å². The zero-order valence-corrected chi connectivity index (χ0v) is 7.77. The van der Waals surface area contributed by atoms with Crippen molar-refractivity contribution in [1.29, 1.82) is 0 Å². The number of carboxylic acids is 1. The van der Waals surface area contributed by atoms with Crippen molar-refractivity contribution in [3.05, 3.63) is 24.0 Å². The second kappa shape index (κ2) is 3.63. The Hall–Kier alpha value is -1.62. The molecule has 4 N–H and O–H groups in total. The predicted octanol–water partition coefficient (Wildman–Crippen LogP) is 0.436. The average molecular weight is 196 g/mol. The molecule has 5 nitrogen and oxygen atoms in total. The lowest BCUT2D eigenvalue weighted by atomic mass is 9.91. The predicted molar refractivity (Wildman–Crippen MR) is 49.7 cm³/mol. The first kappa shape index (κ1) is 10.5. The quantitative estimate of drug-likeness (QED) is 0.651. The summed E-state index contributed by atoms with van der Waals surface area (Å²) >= 11 is 0. The second-order valence-electron chi connectivity index (χ2n) is 3.42. The van der Waals surface area contributed by atoms with Gasteiger partial charge in [-0.3, -0.25) is 9.78 Å². The number of carbonyl (C=O) groups is 1. The van der Waals surface area contributed by atoms with Crippen LogP contribution in [0, 0.1) is 0 Å². The molecule has 1 aromatic rings. The van der Waals surface area contributed by atoms with Crippen molar-refractivity contribution < 1.29 is 15.0 Å². The molecule has 1 aromatic heterocycles. The van der Waals surface area contributed by atoms with E-state index in [1.807, 2.05) is 0 Å². The van der Waals surface area contributed by atoms with Gasteiger partial charge in [-0.15, -0.1) is 0 Å². The Morgan fingerprint density at radius 1 is 1.64 bits per heavy atom. The zero-order chi connectivity index (χ0) is 10.8. The van der Waals surface area contributed by atoms with Gasteiger partial charge in [-0.25, -0.2) is 0 Å². The van der Waals surface area contributed by atoms with Crippen LogP contribution >= 0.6 is 0 Å². The van der Waals surface area contributed by atoms with Crippen LogP contribution in [0.25, 0.3) is 0 Å². The molecule has 0 aliphatic rings. The van der Waals surface area contributed by atoms with Crippen molar-refractivity contribution in [1.82, 2.24) is 4.98 Å². The van der Waals surface area contributed by atoms with Gasteiger partial charge >= 0.3 is 5.97 Å². The van der Waals surface area contributed by atoms with Gasteiger partial charge in [0.2, 0.25) is 0 Å². The number of hydrogen-bond acceptors (Lipinski definition) is 4. The Morgan fingerprint density at radius 2 is 2.29 bits per heavy atom. The monoisotopic (exact) mass is 196 g/mol. The topological polar surface area (TPSA) is 96.4 Å². The zero-order valence-electron chi connectivity index (χ0n) is 7.77. The third-order valence-corrected chi connectivity index (χ3v) is 1.90. The molecule has 76 valence electrons. The molecule has 1 rings (SSSR count). The maximum atomic E-state index is 10.5. The molecule has 0 bridgehead atoms. The Balaban J connectivity index is 2.97. The molecule has 0 aliphatic heterocycles. The fourth-order valence-corrected chi connectivity index (χ4v) is 1.16. The Kier molecular flexibility index (Phi) is 2.71. The van der Waals surface area contributed by atoms with Crippen molar-refractivity contribution in [3.63, 3.8) is 0 Å². The van der Waals surface area contributed by atoms with E-state index in [4.69, 9.17) is 15.9 Å². The minimum absolute atomic E-state index is 0.0236. The summed E-state index contributed by atoms with van der Waals surface area (Å²) in [6.07, 6.45) is 2.50. The van der Waals surface area contributed by atoms with Crippen molar-refractivity contribution >= 4 is 5.97 Å². The van der Waals surface area contributed by atoms with Crippen LogP contribution in [0.1, 0.15) is 18.9 Å². The molecule has 0 saturated heterocycles. The Bertz CT molecular complexity index is 350. The van der Waals surface area contributed by atoms with E-state index in [2.05, 4.69) is 4.98 Å². The molecule has 14 heavy (non-hydrogen) atoms. The number of rotatable bonds is 3. The van der Waals surface area contributed by atoms with Gasteiger partial charge in [0.05, 0.1) is 18.2 Å². The van der Waals surface area contributed by atoms with Crippen LogP contribution in [-0.2, 0) is 10.3 Å². The van der Waals surface area contributed by atoms with E-state index in [0.29, 0.717) is 5.56 Å². The van der Waals surface area contributed by atoms with Crippen molar-refractivity contribution in [2.24, 2.45) is 5.73 Å². The van der Waals surface area contributed by atoms with E-state index >= 15 is 0 Å². The highest BCUT2D eigenvalue weighted by Gasteiger charge is 2.25. The maximum Gasteiger partial charge on any atom is 0.305 e. The molecule has 0 aromatic carbocycles. The fourth-order valence-electron chi connectivity index (χ4n) is 1.16. The molecular formula is C9H12N2O3. The minimum atomic E-state index is -1.02. The third kappa shape index (κ3) is 2.43. The standard InChI is InChI=1S/C9H12N2O3/c1-9(10,3-8(13)14)6-2-7(12)5-11-4-6/h2,4-5,12H,3,10H2,1H3,(H,13,14)/t9-/m0/s1. The van der Waals surface area contributed by atoms with Gasteiger partial charge in [-0.05, 0) is 18.6 Å². The number of aromatic hydroxyl groups is 1. The highest BCUT2D eigenvalue weighted by molar-refractivity contribution is 5.68. The van der Waals surface area contributed by atoms with Crippen LogP contribution in [0.4, 0.5) is 0 Å². The van der Waals surface area contributed by atoms with Crippen LogP contribution in [-0.4, -0.2) is 21.2 Å². The van der Waals surface area contributed by atoms with Crippen LogP contribution in [0.2, 0.25) is 0 Å². The average Bonchev–Trinajstić information content (AvgIpc) is 2.01. The van der Waals surface area contributed by atoms with Crippen molar-refractivity contribution in [2.45, 2.75) is 18.9 Å². The van der Waals surface area contributed by atoms with Crippen LogP contribution in [0.15, 0.2) is 18.5 Å². The van der Waals surface area contributed by atoms with Crippen LogP contribution in [0.5, 0.6) is 5.75 Å². The number of aliphatic carboxylic acids is 1. The summed E-state index contributed by atoms with van der Waals surface area (Å²) < 4.78 is 0. The van der Waals surface area contributed by atoms with Gasteiger partial charge in [0.15, 0.2) is 0 Å². The number of aromatic nitrogens is 1. The van der Waals surface area contributed by atoms with Gasteiger partial charge in [-0.1, -0.05) is 0 Å². The molecule has 0 saturated carbocycles. The van der Waals surface area contributed by atoms with E-state index in [1.54, 1.807) is 6.92 Å². The lowest BCUT2D eigenvalue weighted by Crippen LogP contribution is -2.35. The summed E-state index contributed by atoms with van der Waals surface area (Å²) in [7, 11) is 0. The summed E-state index contributed by atoms with van der Waals surface area (Å²) in [5.74, 6) is -1.01. The lowest BCUT2D eigenvalue weighted by molar-refractivity contribution is -0.138. The van der Waals surface area contributed by atoms with Gasteiger partial charge in [0, 0.05) is 6.20 Å².